The minimum atomic E-state index is -0.0890. The van der Waals surface area contributed by atoms with E-state index in [1.807, 2.05) is 97.3 Å². The van der Waals surface area contributed by atoms with E-state index in [2.05, 4.69) is 151 Å². The Labute approximate surface area is 455 Å². The first-order chi connectivity index (χ1) is 38.5. The first-order valence-corrected chi connectivity index (χ1v) is 26.5. The Morgan fingerprint density at radius 1 is 0.372 bits per heavy atom. The van der Waals surface area contributed by atoms with Crippen LogP contribution in [0.25, 0.3) is 88.5 Å². The molecule has 0 fully saturated rings. The molecule has 10 nitrogen and oxygen atoms in total. The number of rotatable bonds is 13. The summed E-state index contributed by atoms with van der Waals surface area (Å²) in [5.41, 5.74) is 13.3. The van der Waals surface area contributed by atoms with Crippen LogP contribution in [0.4, 0.5) is 0 Å². The summed E-state index contributed by atoms with van der Waals surface area (Å²) in [7, 11) is 0. The van der Waals surface area contributed by atoms with Gasteiger partial charge < -0.3 is 5.32 Å². The third kappa shape index (κ3) is 13.6. The highest BCUT2D eigenvalue weighted by molar-refractivity contribution is 6.11. The van der Waals surface area contributed by atoms with E-state index >= 15 is 0 Å². The van der Waals surface area contributed by atoms with E-state index in [4.69, 9.17) is 0 Å². The number of carbonyl (C=O) groups is 2. The Bertz CT molecular complexity index is 3630. The number of Topliss-reactive ketones (excluding diaryl/α,β-unsaturated/α-hetero) is 1. The number of nitrogens with zero attached hydrogens (tertiary/aromatic N) is 7. The summed E-state index contributed by atoms with van der Waals surface area (Å²) in [4.78, 5) is 55.3. The minimum Gasteiger partial charge on any atom is -0.352 e. The fraction of sp³-hybridized carbons (Fsp3) is 0.132. The summed E-state index contributed by atoms with van der Waals surface area (Å²) in [6.07, 6.45) is 18.2. The minimum absolute atomic E-state index is 0.0890. The van der Waals surface area contributed by atoms with Crippen LogP contribution in [-0.4, -0.2) is 53.1 Å². The molecule has 1 N–H and O–H groups in total. The molecule has 0 radical (unpaired) electrons. The van der Waals surface area contributed by atoms with Crippen molar-refractivity contribution in [3.63, 3.8) is 0 Å². The van der Waals surface area contributed by atoms with Crippen LogP contribution in [0, 0.1) is 0 Å². The number of pyridine rings is 7. The fourth-order valence-corrected chi connectivity index (χ4v) is 9.02. The molecule has 0 atom stereocenters. The van der Waals surface area contributed by atoms with Gasteiger partial charge in [0.05, 0.1) is 39.1 Å². The summed E-state index contributed by atoms with van der Waals surface area (Å²) in [5, 5.41) is 7.45. The number of amides is 1. The number of hydrogen-bond acceptors (Lipinski definition) is 9. The molecule has 0 bridgehead atoms. The molecule has 1 amide bonds. The van der Waals surface area contributed by atoms with E-state index in [0.717, 1.165) is 92.7 Å². The van der Waals surface area contributed by atoms with Gasteiger partial charge in [0, 0.05) is 94.6 Å². The van der Waals surface area contributed by atoms with Gasteiger partial charge in [-0.05, 0) is 102 Å². The zero-order valence-electron chi connectivity index (χ0n) is 43.9. The molecule has 384 valence electrons. The molecule has 0 aliphatic heterocycles. The van der Waals surface area contributed by atoms with Crippen molar-refractivity contribution in [2.45, 2.75) is 52.4 Å². The normalized spacial score (nSPS) is 10.6. The van der Waals surface area contributed by atoms with Gasteiger partial charge in [0.1, 0.15) is 0 Å². The second kappa shape index (κ2) is 27.2. The predicted octanol–water partition coefficient (Wildman–Crippen LogP) is 16.1. The molecule has 5 aromatic carbocycles. The molecule has 0 aliphatic rings. The van der Waals surface area contributed by atoms with Crippen LogP contribution in [0.1, 0.15) is 73.1 Å². The number of benzene rings is 5. The molecule has 7 aromatic heterocycles. The maximum absolute atomic E-state index is 12.3. The Morgan fingerprint density at radius 3 is 1.41 bits per heavy atom. The van der Waals surface area contributed by atoms with Crippen molar-refractivity contribution in [1.29, 1.82) is 0 Å². The lowest BCUT2D eigenvalue weighted by Crippen LogP contribution is -2.24. The molecule has 0 aliphatic carbocycles. The number of fused-ring (bicyclic) bond motifs is 6. The summed E-state index contributed by atoms with van der Waals surface area (Å²) in [5.74, 6) is 0.0719. The van der Waals surface area contributed by atoms with Crippen LogP contribution in [0.2, 0.25) is 0 Å². The van der Waals surface area contributed by atoms with E-state index in [-0.39, 0.29) is 11.7 Å². The summed E-state index contributed by atoms with van der Waals surface area (Å²) in [6, 6.07) is 64.1. The molecule has 0 saturated heterocycles. The van der Waals surface area contributed by atoms with Crippen LogP contribution >= 0.6 is 0 Å². The van der Waals surface area contributed by atoms with Crippen LogP contribution in [0.5, 0.6) is 0 Å². The molecule has 12 rings (SSSR count). The molecule has 12 aromatic rings. The second-order valence-corrected chi connectivity index (χ2v) is 18.5. The number of aromatic nitrogens is 7. The zero-order chi connectivity index (χ0) is 53.7. The third-order valence-corrected chi connectivity index (χ3v) is 13.1. The molecule has 7 heterocycles. The highest BCUT2D eigenvalue weighted by Gasteiger charge is 2.13. The van der Waals surface area contributed by atoms with Crippen molar-refractivity contribution in [3.05, 3.63) is 249 Å². The molecule has 10 heteroatoms. The van der Waals surface area contributed by atoms with Gasteiger partial charge in [-0.1, -0.05) is 161 Å². The Kier molecular flexibility index (Phi) is 18.6. The molecular weight excluding hydrogens is 961 g/mol. The number of carbonyl (C=O) groups excluding carboxylic acids is 2. The highest BCUT2D eigenvalue weighted by Crippen LogP contribution is 2.35. The van der Waals surface area contributed by atoms with Crippen molar-refractivity contribution in [2.75, 3.05) is 6.54 Å². The Balaban J connectivity index is 0.000000133. The molecule has 0 saturated carbocycles. The van der Waals surface area contributed by atoms with Gasteiger partial charge in [0.25, 0.3) is 5.91 Å². The Hall–Kier alpha value is -9.67. The van der Waals surface area contributed by atoms with Gasteiger partial charge in [0.2, 0.25) is 0 Å². The number of nitrogens with one attached hydrogen (secondary N) is 1. The van der Waals surface area contributed by atoms with E-state index in [9.17, 15) is 9.59 Å². The summed E-state index contributed by atoms with van der Waals surface area (Å²) in [6.45, 7) is 4.89. The van der Waals surface area contributed by atoms with Gasteiger partial charge in [-0.25, -0.2) is 0 Å². The van der Waals surface area contributed by atoms with Gasteiger partial charge in [0.15, 0.2) is 5.78 Å². The number of unbranched alkanes of at least 4 members (excludes halogenated alkanes) is 3. The molecule has 78 heavy (non-hydrogen) atoms. The lowest BCUT2D eigenvalue weighted by Gasteiger charge is -2.11. The molecule has 0 unspecified atom stereocenters. The quantitative estimate of drug-likeness (QED) is 0.0680. The highest BCUT2D eigenvalue weighted by atomic mass is 16.1. The van der Waals surface area contributed by atoms with Crippen molar-refractivity contribution >= 4 is 55.3 Å². The average molecular weight is 1020 g/mol. The first-order valence-electron chi connectivity index (χ1n) is 26.5. The average Bonchev–Trinajstić information content (AvgIpc) is 3.62. The van der Waals surface area contributed by atoms with Gasteiger partial charge in [-0.3, -0.25) is 44.5 Å². The lowest BCUT2D eigenvalue weighted by atomic mass is 9.97. The van der Waals surface area contributed by atoms with Gasteiger partial charge >= 0.3 is 0 Å². The second-order valence-electron chi connectivity index (χ2n) is 18.5. The maximum atomic E-state index is 12.3. The first kappa shape index (κ1) is 53.2. The van der Waals surface area contributed by atoms with Crippen LogP contribution < -0.4 is 5.32 Å². The SMILES string of the molecule is CCCCCC(=O)c1cccc(-c2cc(C(=O)NCCCC)ccn2)c1.c1ccc(-c2ccccn2)nc1.c1ccc(-c2ccnc3c2ccc2c(-c4ccccc4)ccnc23)cc1.c1cnc2c(c1)ccc1cccnc12. The van der Waals surface area contributed by atoms with Crippen molar-refractivity contribution in [1.82, 2.24) is 40.2 Å². The van der Waals surface area contributed by atoms with Gasteiger partial charge in [-0.2, -0.15) is 0 Å². The topological polar surface area (TPSA) is 136 Å². The largest absolute Gasteiger partial charge is 0.352 e. The van der Waals surface area contributed by atoms with Crippen LogP contribution in [0.15, 0.2) is 238 Å². The fourth-order valence-electron chi connectivity index (χ4n) is 9.02. The monoisotopic (exact) mass is 1020 g/mol. The predicted molar refractivity (Wildman–Crippen MR) is 318 cm³/mol. The summed E-state index contributed by atoms with van der Waals surface area (Å²) < 4.78 is 0. The smallest absolute Gasteiger partial charge is 0.251 e. The van der Waals surface area contributed by atoms with E-state index in [1.165, 1.54) is 22.3 Å². The van der Waals surface area contributed by atoms with Crippen LogP contribution in [-0.2, 0) is 0 Å². The Morgan fingerprint density at radius 2 is 0.872 bits per heavy atom. The van der Waals surface area contributed by atoms with E-state index in [0.29, 0.717) is 29.8 Å². The summed E-state index contributed by atoms with van der Waals surface area (Å²) >= 11 is 0. The lowest BCUT2D eigenvalue weighted by molar-refractivity contribution is 0.0950. The van der Waals surface area contributed by atoms with E-state index in [1.54, 1.807) is 43.1 Å². The van der Waals surface area contributed by atoms with E-state index < -0.39 is 0 Å². The molecular formula is C68H60N8O2. The standard InChI is InChI=1S/C24H16N2.C22H28N2O2.C12H8N2.C10H8N2/c1-3-7-17(8-4-1)19-13-15-25-23-21(19)11-12-22-20(14-16-26-24(22)23)18-9-5-2-6-10-18;1-3-5-7-11-21(25)18-10-8-9-17(15-18)20-16-19(12-14-23-20)22(26)24-13-6-4-2;1-3-9-5-6-10-4-2-8-14-12(10)11(9)13-7-1;1-3-7-11-9(5-1)10-6-2-4-8-12-10/h1-16H;8-10,12,14-16H,3-7,11,13H2,1-2H3,(H,24,26);1-8H;1-8H. The zero-order valence-corrected chi connectivity index (χ0v) is 43.9. The van der Waals surface area contributed by atoms with Crippen molar-refractivity contribution in [2.24, 2.45) is 0 Å². The van der Waals surface area contributed by atoms with Crippen molar-refractivity contribution < 1.29 is 9.59 Å². The number of hydrogen-bond donors (Lipinski definition) is 1. The molecule has 0 spiro atoms. The third-order valence-electron chi connectivity index (χ3n) is 13.1. The van der Waals surface area contributed by atoms with Crippen LogP contribution in [0.3, 0.4) is 0 Å². The van der Waals surface area contributed by atoms with Gasteiger partial charge in [-0.15, -0.1) is 0 Å². The van der Waals surface area contributed by atoms with Crippen molar-refractivity contribution in [3.8, 4) is 44.9 Å². The maximum Gasteiger partial charge on any atom is 0.251 e. The number of ketones is 1.